The molecule has 0 spiro atoms. The molecular formula is C7H15N3O. The maximum absolute atomic E-state index is 10.9. The van der Waals surface area contributed by atoms with Crippen LogP contribution in [0.15, 0.2) is 0 Å². The summed E-state index contributed by atoms with van der Waals surface area (Å²) in [5.41, 5.74) is 0. The maximum Gasteiger partial charge on any atom is 0.317 e. The van der Waals surface area contributed by atoms with Gasteiger partial charge in [-0.2, -0.15) is 0 Å². The van der Waals surface area contributed by atoms with Crippen LogP contribution in [0.1, 0.15) is 26.7 Å². The second kappa shape index (κ2) is 3.57. The average molecular weight is 157 g/mol. The third-order valence-corrected chi connectivity index (χ3v) is 1.83. The summed E-state index contributed by atoms with van der Waals surface area (Å²) in [5, 5.41) is 8.78. The van der Waals surface area contributed by atoms with Crippen molar-refractivity contribution in [3.05, 3.63) is 0 Å². The van der Waals surface area contributed by atoms with Gasteiger partial charge in [0.2, 0.25) is 0 Å². The minimum Gasteiger partial charge on any atom is -0.323 e. The SMILES string of the molecule is CCC1NC(=O)NC(CC)N1. The maximum atomic E-state index is 10.9. The monoisotopic (exact) mass is 157 g/mol. The van der Waals surface area contributed by atoms with Crippen molar-refractivity contribution in [3.63, 3.8) is 0 Å². The summed E-state index contributed by atoms with van der Waals surface area (Å²) in [4.78, 5) is 10.9. The van der Waals surface area contributed by atoms with Crippen LogP contribution in [-0.2, 0) is 0 Å². The molecule has 1 saturated heterocycles. The van der Waals surface area contributed by atoms with E-state index >= 15 is 0 Å². The Balaban J connectivity index is 2.43. The molecule has 4 heteroatoms. The van der Waals surface area contributed by atoms with Crippen molar-refractivity contribution in [2.24, 2.45) is 0 Å². The first kappa shape index (κ1) is 8.33. The van der Waals surface area contributed by atoms with E-state index in [0.29, 0.717) is 0 Å². The molecule has 0 bridgehead atoms. The zero-order valence-electron chi connectivity index (χ0n) is 6.98. The van der Waals surface area contributed by atoms with Gasteiger partial charge < -0.3 is 10.6 Å². The zero-order chi connectivity index (χ0) is 8.27. The molecule has 1 fully saturated rings. The molecule has 3 N–H and O–H groups in total. The van der Waals surface area contributed by atoms with Crippen LogP contribution >= 0.6 is 0 Å². The Bertz CT molecular complexity index is 135. The smallest absolute Gasteiger partial charge is 0.317 e. The first-order valence-corrected chi connectivity index (χ1v) is 4.09. The highest BCUT2D eigenvalue weighted by Gasteiger charge is 2.21. The molecule has 0 aromatic rings. The molecule has 0 radical (unpaired) electrons. The fourth-order valence-corrected chi connectivity index (χ4v) is 1.12. The molecule has 1 aliphatic heterocycles. The van der Waals surface area contributed by atoms with Crippen molar-refractivity contribution >= 4 is 6.03 Å². The van der Waals surface area contributed by atoms with Crippen molar-refractivity contribution in [1.29, 1.82) is 0 Å². The van der Waals surface area contributed by atoms with Crippen molar-refractivity contribution in [2.45, 2.75) is 39.0 Å². The van der Waals surface area contributed by atoms with E-state index in [2.05, 4.69) is 16.0 Å². The molecule has 64 valence electrons. The molecule has 2 amide bonds. The van der Waals surface area contributed by atoms with Crippen LogP contribution < -0.4 is 16.0 Å². The van der Waals surface area contributed by atoms with E-state index in [1.54, 1.807) is 0 Å². The fraction of sp³-hybridized carbons (Fsp3) is 0.857. The predicted octanol–water partition coefficient (Wildman–Crippen LogP) is 0.361. The minimum absolute atomic E-state index is 0.0672. The van der Waals surface area contributed by atoms with Crippen LogP contribution in [0, 0.1) is 0 Å². The van der Waals surface area contributed by atoms with Crippen LogP contribution in [0.2, 0.25) is 0 Å². The van der Waals surface area contributed by atoms with Gasteiger partial charge in [0, 0.05) is 0 Å². The lowest BCUT2D eigenvalue weighted by Crippen LogP contribution is -2.64. The van der Waals surface area contributed by atoms with Gasteiger partial charge in [0.1, 0.15) is 0 Å². The number of rotatable bonds is 2. The number of hydrogen-bond donors (Lipinski definition) is 3. The van der Waals surface area contributed by atoms with Gasteiger partial charge in [-0.15, -0.1) is 0 Å². The zero-order valence-corrected chi connectivity index (χ0v) is 6.98. The van der Waals surface area contributed by atoms with Crippen molar-refractivity contribution < 1.29 is 4.79 Å². The van der Waals surface area contributed by atoms with E-state index in [-0.39, 0.29) is 18.4 Å². The normalized spacial score (nSPS) is 30.9. The first-order chi connectivity index (χ1) is 5.26. The standard InChI is InChI=1S/C7H15N3O/c1-3-5-8-6(4-2)10-7(11)9-5/h5-6,8H,3-4H2,1-2H3,(H2,9,10,11). The fourth-order valence-electron chi connectivity index (χ4n) is 1.12. The predicted molar refractivity (Wildman–Crippen MR) is 43.0 cm³/mol. The van der Waals surface area contributed by atoms with E-state index in [4.69, 9.17) is 0 Å². The summed E-state index contributed by atoms with van der Waals surface area (Å²) >= 11 is 0. The summed E-state index contributed by atoms with van der Waals surface area (Å²) in [6.07, 6.45) is 2.11. The highest BCUT2D eigenvalue weighted by molar-refractivity contribution is 5.75. The van der Waals surface area contributed by atoms with E-state index in [9.17, 15) is 4.79 Å². The molecular weight excluding hydrogens is 142 g/mol. The second-order valence-corrected chi connectivity index (χ2v) is 2.71. The highest BCUT2D eigenvalue weighted by Crippen LogP contribution is 1.96. The van der Waals surface area contributed by atoms with Gasteiger partial charge >= 0.3 is 6.03 Å². The van der Waals surface area contributed by atoms with E-state index in [1.165, 1.54) is 0 Å². The lowest BCUT2D eigenvalue weighted by Gasteiger charge is -2.31. The van der Waals surface area contributed by atoms with Gasteiger partial charge in [0.15, 0.2) is 0 Å². The van der Waals surface area contributed by atoms with Crippen molar-refractivity contribution in [1.82, 2.24) is 16.0 Å². The Morgan fingerprint density at radius 1 is 1.18 bits per heavy atom. The van der Waals surface area contributed by atoms with Crippen molar-refractivity contribution in [2.75, 3.05) is 0 Å². The Morgan fingerprint density at radius 2 is 1.64 bits per heavy atom. The number of carbonyl (C=O) groups is 1. The molecule has 0 aromatic heterocycles. The van der Waals surface area contributed by atoms with Crippen LogP contribution in [-0.4, -0.2) is 18.4 Å². The number of carbonyl (C=O) groups excluding carboxylic acids is 1. The van der Waals surface area contributed by atoms with Gasteiger partial charge in [-0.3, -0.25) is 5.32 Å². The van der Waals surface area contributed by atoms with Gasteiger partial charge in [-0.25, -0.2) is 4.79 Å². The molecule has 1 aliphatic rings. The van der Waals surface area contributed by atoms with Crippen molar-refractivity contribution in [3.8, 4) is 0 Å². The first-order valence-electron chi connectivity index (χ1n) is 4.09. The molecule has 1 rings (SSSR count). The lowest BCUT2D eigenvalue weighted by atomic mass is 10.3. The molecule has 0 saturated carbocycles. The largest absolute Gasteiger partial charge is 0.323 e. The van der Waals surface area contributed by atoms with Gasteiger partial charge in [-0.1, -0.05) is 13.8 Å². The molecule has 2 unspecified atom stereocenters. The number of urea groups is 1. The number of hydrogen-bond acceptors (Lipinski definition) is 2. The second-order valence-electron chi connectivity index (χ2n) is 2.71. The Morgan fingerprint density at radius 3 is 2.00 bits per heavy atom. The third kappa shape index (κ3) is 2.08. The van der Waals surface area contributed by atoms with E-state index in [1.807, 2.05) is 13.8 Å². The quantitative estimate of drug-likeness (QED) is 0.542. The molecule has 11 heavy (non-hydrogen) atoms. The van der Waals surface area contributed by atoms with E-state index < -0.39 is 0 Å². The number of amides is 2. The summed E-state index contributed by atoms with van der Waals surface area (Å²) in [6.45, 7) is 4.08. The summed E-state index contributed by atoms with van der Waals surface area (Å²) in [7, 11) is 0. The van der Waals surface area contributed by atoms with Gasteiger partial charge in [0.05, 0.1) is 12.3 Å². The van der Waals surface area contributed by atoms with Crippen LogP contribution in [0.4, 0.5) is 4.79 Å². The lowest BCUT2D eigenvalue weighted by molar-refractivity contribution is 0.204. The Kier molecular flexibility index (Phi) is 2.70. The molecule has 0 aliphatic carbocycles. The minimum atomic E-state index is -0.0672. The van der Waals surface area contributed by atoms with Crippen LogP contribution in [0.25, 0.3) is 0 Å². The number of nitrogens with one attached hydrogen (secondary N) is 3. The summed E-state index contributed by atoms with van der Waals surface area (Å²) < 4.78 is 0. The molecule has 4 nitrogen and oxygen atoms in total. The van der Waals surface area contributed by atoms with E-state index in [0.717, 1.165) is 12.8 Å². The highest BCUT2D eigenvalue weighted by atomic mass is 16.2. The summed E-state index contributed by atoms with van der Waals surface area (Å²) in [5.74, 6) is 0. The summed E-state index contributed by atoms with van der Waals surface area (Å²) in [6, 6.07) is -0.0672. The third-order valence-electron chi connectivity index (χ3n) is 1.83. The molecule has 1 heterocycles. The van der Waals surface area contributed by atoms with Gasteiger partial charge in [0.25, 0.3) is 0 Å². The average Bonchev–Trinajstić information content (AvgIpc) is 2.03. The molecule has 2 atom stereocenters. The van der Waals surface area contributed by atoms with Gasteiger partial charge in [-0.05, 0) is 12.8 Å². The van der Waals surface area contributed by atoms with Crippen LogP contribution in [0.5, 0.6) is 0 Å². The molecule has 0 aromatic carbocycles. The Hall–Kier alpha value is -0.770. The van der Waals surface area contributed by atoms with Crippen LogP contribution in [0.3, 0.4) is 0 Å². The Labute approximate surface area is 66.7 Å². The topological polar surface area (TPSA) is 53.2 Å².